The summed E-state index contributed by atoms with van der Waals surface area (Å²) in [6, 6.07) is 9.23. The van der Waals surface area contributed by atoms with Crippen molar-refractivity contribution < 1.29 is 22.7 Å². The fourth-order valence-corrected chi connectivity index (χ4v) is 5.46. The SMILES string of the molecule is O[C@](Cn1cnnn1)(c1ccc(F)cc1F)C(F)(F)C12CC(c3ccc(Cl)cc3)(C1)C2. The van der Waals surface area contributed by atoms with E-state index in [1.54, 1.807) is 12.1 Å². The van der Waals surface area contributed by atoms with Gasteiger partial charge in [0.15, 0.2) is 5.60 Å². The lowest BCUT2D eigenvalue weighted by molar-refractivity contribution is -0.347. The predicted octanol–water partition coefficient (Wildman–Crippen LogP) is 4.25. The molecule has 3 aromatic rings. The summed E-state index contributed by atoms with van der Waals surface area (Å²) in [4.78, 5) is 0. The van der Waals surface area contributed by atoms with Crippen LogP contribution in [0.2, 0.25) is 5.02 Å². The molecule has 0 saturated heterocycles. The standard InChI is InChI=1S/C21H17ClF4N4O/c22-14-3-1-13(2-4-14)18-8-19(9-18,10-18)21(25,26)20(31,11-30-12-27-28-29-30)16-6-5-15(23)7-17(16)24/h1-7,12,31H,8-11H2/t18?,19?,20-/m1/s1. The van der Waals surface area contributed by atoms with E-state index in [2.05, 4.69) is 15.5 Å². The van der Waals surface area contributed by atoms with Crippen molar-refractivity contribution in [3.05, 3.63) is 76.6 Å². The summed E-state index contributed by atoms with van der Waals surface area (Å²) in [6.07, 6.45) is 1.46. The van der Waals surface area contributed by atoms with Crippen molar-refractivity contribution >= 4 is 11.6 Å². The second-order valence-electron chi connectivity index (χ2n) is 8.66. The van der Waals surface area contributed by atoms with Crippen LogP contribution in [0.15, 0.2) is 48.8 Å². The predicted molar refractivity (Wildman–Crippen MR) is 102 cm³/mol. The van der Waals surface area contributed by atoms with E-state index in [0.717, 1.165) is 28.7 Å². The van der Waals surface area contributed by atoms with Gasteiger partial charge in [0.1, 0.15) is 18.0 Å². The zero-order chi connectivity index (χ0) is 22.1. The van der Waals surface area contributed by atoms with Crippen molar-refractivity contribution in [3.63, 3.8) is 0 Å². The van der Waals surface area contributed by atoms with Gasteiger partial charge < -0.3 is 5.11 Å². The molecule has 6 rings (SSSR count). The van der Waals surface area contributed by atoms with E-state index in [-0.39, 0.29) is 19.3 Å². The molecule has 0 amide bonds. The maximum Gasteiger partial charge on any atom is 0.287 e. The molecule has 10 heteroatoms. The summed E-state index contributed by atoms with van der Waals surface area (Å²) >= 11 is 5.92. The number of aromatic nitrogens is 4. The van der Waals surface area contributed by atoms with Crippen LogP contribution in [0.5, 0.6) is 0 Å². The lowest BCUT2D eigenvalue weighted by Gasteiger charge is -2.74. The molecule has 1 heterocycles. The quantitative estimate of drug-likeness (QED) is 0.568. The lowest BCUT2D eigenvalue weighted by Crippen LogP contribution is -2.76. The van der Waals surface area contributed by atoms with Gasteiger partial charge in [-0.1, -0.05) is 23.7 Å². The molecule has 0 spiro atoms. The van der Waals surface area contributed by atoms with E-state index in [1.807, 2.05) is 12.1 Å². The third kappa shape index (κ3) is 2.75. The van der Waals surface area contributed by atoms with Crippen LogP contribution < -0.4 is 0 Å². The maximum atomic E-state index is 16.0. The van der Waals surface area contributed by atoms with Crippen molar-refractivity contribution in [1.29, 1.82) is 0 Å². The Kier molecular flexibility index (Phi) is 4.27. The first-order valence-corrected chi connectivity index (χ1v) is 10.0. The largest absolute Gasteiger partial charge is 0.377 e. The zero-order valence-corrected chi connectivity index (χ0v) is 16.8. The third-order valence-electron chi connectivity index (χ3n) is 6.83. The summed E-state index contributed by atoms with van der Waals surface area (Å²) < 4.78 is 61.0. The van der Waals surface area contributed by atoms with Gasteiger partial charge in [-0.2, -0.15) is 0 Å². The van der Waals surface area contributed by atoms with Gasteiger partial charge in [-0.15, -0.1) is 5.10 Å². The first-order valence-electron chi connectivity index (χ1n) is 9.64. The van der Waals surface area contributed by atoms with Gasteiger partial charge in [0.2, 0.25) is 0 Å². The van der Waals surface area contributed by atoms with Crippen LogP contribution in [-0.4, -0.2) is 31.2 Å². The summed E-state index contributed by atoms with van der Waals surface area (Å²) in [5.74, 6) is -5.92. The minimum absolute atomic E-state index is 0.134. The van der Waals surface area contributed by atoms with E-state index in [4.69, 9.17) is 11.6 Å². The van der Waals surface area contributed by atoms with Gasteiger partial charge in [-0.05, 0) is 64.9 Å². The molecule has 1 aromatic heterocycles. The van der Waals surface area contributed by atoms with Crippen molar-refractivity contribution in [1.82, 2.24) is 20.2 Å². The Morgan fingerprint density at radius 1 is 1.06 bits per heavy atom. The highest BCUT2D eigenvalue weighted by Crippen LogP contribution is 2.80. The smallest absolute Gasteiger partial charge is 0.287 e. The molecular formula is C21H17ClF4N4O. The van der Waals surface area contributed by atoms with Crippen LogP contribution >= 0.6 is 11.6 Å². The first-order chi connectivity index (χ1) is 14.6. The molecule has 2 bridgehead atoms. The molecule has 0 unspecified atom stereocenters. The maximum absolute atomic E-state index is 16.0. The average Bonchev–Trinajstić information content (AvgIpc) is 3.13. The Labute approximate surface area is 179 Å². The van der Waals surface area contributed by atoms with E-state index < -0.39 is 46.1 Å². The summed E-state index contributed by atoms with van der Waals surface area (Å²) in [6.45, 7) is -0.786. The third-order valence-corrected chi connectivity index (χ3v) is 7.08. The highest BCUT2D eigenvalue weighted by molar-refractivity contribution is 6.30. The molecular weight excluding hydrogens is 436 g/mol. The second kappa shape index (κ2) is 6.49. The molecule has 3 aliphatic carbocycles. The number of benzene rings is 2. The average molecular weight is 453 g/mol. The number of halogens is 5. The highest BCUT2D eigenvalue weighted by Gasteiger charge is 2.82. The number of rotatable bonds is 6. The minimum Gasteiger partial charge on any atom is -0.377 e. The fourth-order valence-electron chi connectivity index (χ4n) is 5.33. The van der Waals surface area contributed by atoms with Gasteiger partial charge in [0, 0.05) is 22.1 Å². The van der Waals surface area contributed by atoms with E-state index >= 15 is 8.78 Å². The molecule has 2 aromatic carbocycles. The molecule has 31 heavy (non-hydrogen) atoms. The van der Waals surface area contributed by atoms with Crippen molar-refractivity contribution in [2.75, 3.05) is 0 Å². The Balaban J connectivity index is 1.52. The molecule has 0 radical (unpaired) electrons. The molecule has 1 N–H and O–H groups in total. The minimum atomic E-state index is -3.74. The Bertz CT molecular complexity index is 1120. The summed E-state index contributed by atoms with van der Waals surface area (Å²) in [5, 5.41) is 22.2. The fraction of sp³-hybridized carbons (Fsp3) is 0.381. The lowest BCUT2D eigenvalue weighted by atomic mass is 9.30. The molecule has 162 valence electrons. The van der Waals surface area contributed by atoms with E-state index in [0.29, 0.717) is 11.1 Å². The molecule has 3 saturated carbocycles. The molecule has 0 aliphatic heterocycles. The van der Waals surface area contributed by atoms with E-state index in [9.17, 15) is 13.9 Å². The number of alkyl halides is 2. The zero-order valence-electron chi connectivity index (χ0n) is 16.1. The van der Waals surface area contributed by atoms with Crippen molar-refractivity contribution in [3.8, 4) is 0 Å². The normalized spacial score (nSPS) is 26.6. The Morgan fingerprint density at radius 2 is 1.74 bits per heavy atom. The van der Waals surface area contributed by atoms with Gasteiger partial charge >= 0.3 is 0 Å². The Morgan fingerprint density at radius 3 is 2.32 bits per heavy atom. The van der Waals surface area contributed by atoms with Crippen LogP contribution in [0.4, 0.5) is 17.6 Å². The van der Waals surface area contributed by atoms with Gasteiger partial charge in [-0.25, -0.2) is 22.2 Å². The molecule has 1 atom stereocenters. The summed E-state index contributed by atoms with van der Waals surface area (Å²) in [7, 11) is 0. The van der Waals surface area contributed by atoms with Crippen molar-refractivity contribution in [2.45, 2.75) is 42.7 Å². The van der Waals surface area contributed by atoms with Crippen LogP contribution in [0.1, 0.15) is 30.4 Å². The van der Waals surface area contributed by atoms with Crippen LogP contribution in [0, 0.1) is 17.0 Å². The van der Waals surface area contributed by atoms with E-state index in [1.165, 1.54) is 0 Å². The second-order valence-corrected chi connectivity index (χ2v) is 9.10. The number of hydrogen-bond donors (Lipinski definition) is 1. The van der Waals surface area contributed by atoms with Crippen LogP contribution in [-0.2, 0) is 17.6 Å². The summed E-state index contributed by atoms with van der Waals surface area (Å²) in [5.41, 5.74) is -4.69. The van der Waals surface area contributed by atoms with Crippen LogP contribution in [0.3, 0.4) is 0 Å². The molecule has 3 fully saturated rings. The van der Waals surface area contributed by atoms with Gasteiger partial charge in [0.05, 0.1) is 6.54 Å². The molecule has 5 nitrogen and oxygen atoms in total. The Hall–Kier alpha value is -2.52. The van der Waals surface area contributed by atoms with Crippen LogP contribution in [0.25, 0.3) is 0 Å². The van der Waals surface area contributed by atoms with Crippen molar-refractivity contribution in [2.24, 2.45) is 5.41 Å². The number of hydrogen-bond acceptors (Lipinski definition) is 4. The molecule has 3 aliphatic rings. The van der Waals surface area contributed by atoms with Gasteiger partial charge in [-0.3, -0.25) is 0 Å². The number of nitrogens with zero attached hydrogens (tertiary/aromatic N) is 4. The highest BCUT2D eigenvalue weighted by atomic mass is 35.5. The first kappa shape index (κ1) is 20.4. The topological polar surface area (TPSA) is 63.8 Å². The van der Waals surface area contributed by atoms with Gasteiger partial charge in [0.25, 0.3) is 5.92 Å². The number of aliphatic hydroxyl groups is 1. The monoisotopic (exact) mass is 452 g/mol. The number of tetrazole rings is 1.